The number of hydrogen-bond donors (Lipinski definition) is 2. The zero-order valence-electron chi connectivity index (χ0n) is 17.9. The average molecular weight is 547 g/mol. The Hall–Kier alpha value is -2.88. The first kappa shape index (κ1) is 23.8. The van der Waals surface area contributed by atoms with Crippen molar-refractivity contribution in [2.75, 3.05) is 25.0 Å². The molecule has 8 heteroatoms. The zero-order valence-corrected chi connectivity index (χ0v) is 20.2. The van der Waals surface area contributed by atoms with E-state index in [1.165, 1.54) is 17.8 Å². The summed E-state index contributed by atoms with van der Waals surface area (Å²) in [6.45, 7) is 2.54. The Bertz CT molecular complexity index is 1020. The van der Waals surface area contributed by atoms with E-state index < -0.39 is 0 Å². The summed E-state index contributed by atoms with van der Waals surface area (Å²) in [5, 5.41) is 6.86. The van der Waals surface area contributed by atoms with Gasteiger partial charge in [0.2, 0.25) is 5.88 Å². The van der Waals surface area contributed by atoms with Crippen molar-refractivity contribution in [1.82, 2.24) is 15.6 Å². The molecule has 0 bridgehead atoms. The van der Waals surface area contributed by atoms with Gasteiger partial charge in [0.15, 0.2) is 5.96 Å². The largest absolute Gasteiger partial charge is 0.439 e. The summed E-state index contributed by atoms with van der Waals surface area (Å²) in [7, 11) is 1.77. The van der Waals surface area contributed by atoms with Crippen LogP contribution in [0.3, 0.4) is 0 Å². The molecule has 2 aromatic carbocycles. The quantitative estimate of drug-likeness (QED) is 0.269. The Morgan fingerprint density at radius 3 is 2.69 bits per heavy atom. The Kier molecular flexibility index (Phi) is 8.66. The molecular weight excluding hydrogens is 520 g/mol. The Balaban J connectivity index is 0.00000289. The van der Waals surface area contributed by atoms with Gasteiger partial charge < -0.3 is 20.3 Å². The number of pyridine rings is 1. The van der Waals surface area contributed by atoms with Gasteiger partial charge in [0.05, 0.1) is 0 Å². The highest BCUT2D eigenvalue weighted by Crippen LogP contribution is 2.21. The van der Waals surface area contributed by atoms with E-state index in [0.29, 0.717) is 24.2 Å². The van der Waals surface area contributed by atoms with Crippen LogP contribution in [0, 0.1) is 5.82 Å². The molecule has 32 heavy (non-hydrogen) atoms. The molecule has 0 saturated carbocycles. The number of nitrogens with zero attached hydrogens (tertiary/aromatic N) is 3. The molecule has 4 rings (SSSR count). The van der Waals surface area contributed by atoms with Gasteiger partial charge >= 0.3 is 0 Å². The fourth-order valence-electron chi connectivity index (χ4n) is 3.56. The molecule has 0 spiro atoms. The molecule has 1 unspecified atom stereocenters. The normalized spacial score (nSPS) is 15.8. The maximum Gasteiger partial charge on any atom is 0.219 e. The highest BCUT2D eigenvalue weighted by molar-refractivity contribution is 14.0. The highest BCUT2D eigenvalue weighted by atomic mass is 127. The van der Waals surface area contributed by atoms with E-state index in [1.54, 1.807) is 25.4 Å². The summed E-state index contributed by atoms with van der Waals surface area (Å²) in [6, 6.07) is 20.4. The van der Waals surface area contributed by atoms with Gasteiger partial charge in [0.25, 0.3) is 0 Å². The van der Waals surface area contributed by atoms with E-state index in [1.807, 2.05) is 18.2 Å². The van der Waals surface area contributed by atoms with Crippen molar-refractivity contribution in [3.8, 4) is 11.6 Å². The van der Waals surface area contributed by atoms with Crippen LogP contribution in [0.5, 0.6) is 11.6 Å². The molecule has 1 saturated heterocycles. The second-order valence-electron chi connectivity index (χ2n) is 7.40. The highest BCUT2D eigenvalue weighted by Gasteiger charge is 2.23. The third-order valence-electron chi connectivity index (χ3n) is 5.17. The monoisotopic (exact) mass is 547 g/mol. The first-order chi connectivity index (χ1) is 15.2. The molecule has 1 fully saturated rings. The Morgan fingerprint density at radius 1 is 1.16 bits per heavy atom. The Labute approximate surface area is 204 Å². The molecule has 0 radical (unpaired) electrons. The van der Waals surface area contributed by atoms with Crippen molar-refractivity contribution in [2.45, 2.75) is 19.0 Å². The number of benzene rings is 2. The molecule has 2 heterocycles. The van der Waals surface area contributed by atoms with Crippen molar-refractivity contribution in [3.63, 3.8) is 0 Å². The van der Waals surface area contributed by atoms with Crippen LogP contribution in [0.4, 0.5) is 10.1 Å². The fraction of sp³-hybridized carbons (Fsp3) is 0.250. The van der Waals surface area contributed by atoms with Crippen LogP contribution in [-0.4, -0.2) is 37.1 Å². The van der Waals surface area contributed by atoms with Gasteiger partial charge in [0.1, 0.15) is 11.6 Å². The van der Waals surface area contributed by atoms with Gasteiger partial charge in [-0.05, 0) is 54.4 Å². The van der Waals surface area contributed by atoms with E-state index in [2.05, 4.69) is 49.8 Å². The standard InChI is InChI=1S/C24H26FN5O.HI/c1-26-24(29-20-12-14-30(17-20)21-5-3-2-4-6-21)28-16-18-11-13-27-23(15-18)31-22-9-7-19(25)8-10-22;/h2-11,13,15,20H,12,14,16-17H2,1H3,(H2,26,28,29);1H. The maximum absolute atomic E-state index is 13.1. The topological polar surface area (TPSA) is 61.8 Å². The van der Waals surface area contributed by atoms with Gasteiger partial charge in [-0.25, -0.2) is 9.37 Å². The smallest absolute Gasteiger partial charge is 0.219 e. The van der Waals surface area contributed by atoms with E-state index in [4.69, 9.17) is 4.74 Å². The van der Waals surface area contributed by atoms with Crippen LogP contribution in [0.15, 0.2) is 77.9 Å². The number of guanidine groups is 1. The van der Waals surface area contributed by atoms with E-state index >= 15 is 0 Å². The molecule has 168 valence electrons. The number of nitrogens with one attached hydrogen (secondary N) is 2. The summed E-state index contributed by atoms with van der Waals surface area (Å²) in [6.07, 6.45) is 2.75. The summed E-state index contributed by atoms with van der Waals surface area (Å²) in [5.74, 6) is 1.47. The minimum atomic E-state index is -0.300. The van der Waals surface area contributed by atoms with Crippen LogP contribution < -0.4 is 20.3 Å². The zero-order chi connectivity index (χ0) is 21.5. The predicted molar refractivity (Wildman–Crippen MR) is 137 cm³/mol. The second kappa shape index (κ2) is 11.7. The number of anilines is 1. The molecule has 0 aliphatic carbocycles. The average Bonchev–Trinajstić information content (AvgIpc) is 3.28. The van der Waals surface area contributed by atoms with Crippen molar-refractivity contribution in [1.29, 1.82) is 0 Å². The molecule has 2 N–H and O–H groups in total. The first-order valence-electron chi connectivity index (χ1n) is 10.3. The lowest BCUT2D eigenvalue weighted by Crippen LogP contribution is -2.44. The summed E-state index contributed by atoms with van der Waals surface area (Å²) < 4.78 is 18.8. The number of halogens is 2. The number of rotatable bonds is 6. The summed E-state index contributed by atoms with van der Waals surface area (Å²) >= 11 is 0. The second-order valence-corrected chi connectivity index (χ2v) is 7.40. The molecule has 1 aliphatic heterocycles. The maximum atomic E-state index is 13.1. The van der Waals surface area contributed by atoms with Crippen LogP contribution >= 0.6 is 24.0 Å². The summed E-state index contributed by atoms with van der Waals surface area (Å²) in [4.78, 5) is 11.0. The van der Waals surface area contributed by atoms with Crippen molar-refractivity contribution < 1.29 is 9.13 Å². The van der Waals surface area contributed by atoms with Crippen LogP contribution in [0.25, 0.3) is 0 Å². The number of hydrogen-bond acceptors (Lipinski definition) is 4. The van der Waals surface area contributed by atoms with Gasteiger partial charge in [-0.15, -0.1) is 24.0 Å². The minimum Gasteiger partial charge on any atom is -0.439 e. The molecule has 0 amide bonds. The van der Waals surface area contributed by atoms with Gasteiger partial charge in [-0.3, -0.25) is 4.99 Å². The fourth-order valence-corrected chi connectivity index (χ4v) is 3.56. The lowest BCUT2D eigenvalue weighted by Gasteiger charge is -2.20. The van der Waals surface area contributed by atoms with Crippen LogP contribution in [-0.2, 0) is 6.54 Å². The lowest BCUT2D eigenvalue weighted by atomic mass is 10.2. The number of aromatic nitrogens is 1. The van der Waals surface area contributed by atoms with Crippen LogP contribution in [0.1, 0.15) is 12.0 Å². The van der Waals surface area contributed by atoms with Gasteiger partial charge in [-0.1, -0.05) is 18.2 Å². The van der Waals surface area contributed by atoms with Crippen molar-refractivity contribution in [2.24, 2.45) is 4.99 Å². The van der Waals surface area contributed by atoms with Crippen molar-refractivity contribution >= 4 is 35.6 Å². The number of para-hydroxylation sites is 1. The molecule has 1 atom stereocenters. The SMILES string of the molecule is CN=C(NCc1ccnc(Oc2ccc(F)cc2)c1)NC1CCN(c2ccccc2)C1.I. The molecule has 6 nitrogen and oxygen atoms in total. The molecule has 1 aliphatic rings. The van der Waals surface area contributed by atoms with Gasteiger partial charge in [-0.2, -0.15) is 0 Å². The Morgan fingerprint density at radius 2 is 1.94 bits per heavy atom. The number of aliphatic imine (C=N–C) groups is 1. The first-order valence-corrected chi connectivity index (χ1v) is 10.3. The number of ether oxygens (including phenoxy) is 1. The van der Waals surface area contributed by atoms with Gasteiger partial charge in [0, 0.05) is 50.7 Å². The van der Waals surface area contributed by atoms with E-state index in [-0.39, 0.29) is 29.8 Å². The minimum absolute atomic E-state index is 0. The summed E-state index contributed by atoms with van der Waals surface area (Å²) in [5.41, 5.74) is 2.26. The predicted octanol–water partition coefficient (Wildman–Crippen LogP) is 4.57. The van der Waals surface area contributed by atoms with E-state index in [9.17, 15) is 4.39 Å². The third-order valence-corrected chi connectivity index (χ3v) is 5.17. The molecule has 1 aromatic heterocycles. The molecule has 3 aromatic rings. The van der Waals surface area contributed by atoms with E-state index in [0.717, 1.165) is 31.0 Å². The third kappa shape index (κ3) is 6.56. The molecular formula is C24H27FIN5O. The van der Waals surface area contributed by atoms with Crippen molar-refractivity contribution in [3.05, 3.63) is 84.3 Å². The van der Waals surface area contributed by atoms with Crippen LogP contribution in [0.2, 0.25) is 0 Å². The lowest BCUT2D eigenvalue weighted by molar-refractivity contribution is 0.460.